The van der Waals surface area contributed by atoms with Crippen molar-refractivity contribution in [2.75, 3.05) is 5.32 Å². The summed E-state index contributed by atoms with van der Waals surface area (Å²) in [6.45, 7) is 0. The first-order valence-electron chi connectivity index (χ1n) is 4.92. The zero-order valence-corrected chi connectivity index (χ0v) is 10.8. The van der Waals surface area contributed by atoms with Crippen LogP contribution < -0.4 is 5.32 Å². The molecule has 0 atom stereocenters. The molecule has 0 fully saturated rings. The van der Waals surface area contributed by atoms with E-state index in [0.717, 1.165) is 12.1 Å². The second-order valence-electron chi connectivity index (χ2n) is 3.60. The van der Waals surface area contributed by atoms with Crippen LogP contribution in [-0.2, 0) is 7.05 Å². The van der Waals surface area contributed by atoms with Crippen LogP contribution in [0.2, 0.25) is 0 Å². The molecule has 0 aliphatic heterocycles. The smallest absolute Gasteiger partial charge is 0.258 e. The zero-order valence-electron chi connectivity index (χ0n) is 9.25. The molecule has 1 N–H and O–H groups in total. The average molecular weight is 316 g/mol. The van der Waals surface area contributed by atoms with Gasteiger partial charge in [-0.15, -0.1) is 0 Å². The molecule has 4 nitrogen and oxygen atoms in total. The lowest BCUT2D eigenvalue weighted by molar-refractivity contribution is 0.102. The minimum absolute atomic E-state index is 0.000577. The molecule has 0 saturated heterocycles. The summed E-state index contributed by atoms with van der Waals surface area (Å²) < 4.78 is 28.2. The fourth-order valence-electron chi connectivity index (χ4n) is 1.35. The summed E-state index contributed by atoms with van der Waals surface area (Å²) in [7, 11) is 1.65. The minimum atomic E-state index is -0.722. The molecule has 1 amide bonds. The molecule has 0 unspecified atom stereocenters. The molecule has 0 bridgehead atoms. The minimum Gasteiger partial charge on any atom is -0.319 e. The predicted octanol–water partition coefficient (Wildman–Crippen LogP) is 2.71. The molecule has 7 heteroatoms. The maximum absolute atomic E-state index is 13.5. The summed E-state index contributed by atoms with van der Waals surface area (Å²) in [5, 5.41) is 6.09. The number of hydrogen-bond acceptors (Lipinski definition) is 2. The van der Waals surface area contributed by atoms with Gasteiger partial charge in [-0.3, -0.25) is 9.48 Å². The van der Waals surface area contributed by atoms with Gasteiger partial charge in [0, 0.05) is 19.3 Å². The van der Waals surface area contributed by atoms with Crippen LogP contribution in [0.5, 0.6) is 0 Å². The summed E-state index contributed by atoms with van der Waals surface area (Å²) >= 11 is 2.85. The first-order valence-corrected chi connectivity index (χ1v) is 5.71. The Bertz CT molecular complexity index is 612. The SMILES string of the molecule is Cn1cc(C(=O)Nc2cc(F)c(Br)cc2F)cn1. The summed E-state index contributed by atoms with van der Waals surface area (Å²) in [5.41, 5.74) is 0.0461. The van der Waals surface area contributed by atoms with E-state index in [1.807, 2.05) is 0 Å². The summed E-state index contributed by atoms with van der Waals surface area (Å²) in [6.07, 6.45) is 2.81. The standard InChI is InChI=1S/C11H8BrF2N3O/c1-17-5-6(4-15-17)11(18)16-10-3-8(13)7(12)2-9(10)14/h2-5H,1H3,(H,16,18). The van der Waals surface area contributed by atoms with Crippen LogP contribution in [0, 0.1) is 11.6 Å². The molecule has 0 spiro atoms. The topological polar surface area (TPSA) is 46.9 Å². The number of anilines is 1. The molecule has 18 heavy (non-hydrogen) atoms. The highest BCUT2D eigenvalue weighted by molar-refractivity contribution is 9.10. The fraction of sp³-hybridized carbons (Fsp3) is 0.0909. The average Bonchev–Trinajstić information content (AvgIpc) is 2.73. The van der Waals surface area contributed by atoms with Gasteiger partial charge < -0.3 is 5.32 Å². The van der Waals surface area contributed by atoms with E-state index >= 15 is 0 Å². The Balaban J connectivity index is 2.24. The molecule has 0 radical (unpaired) electrons. The van der Waals surface area contributed by atoms with Gasteiger partial charge in [-0.25, -0.2) is 8.78 Å². The second kappa shape index (κ2) is 4.85. The Morgan fingerprint density at radius 1 is 1.39 bits per heavy atom. The van der Waals surface area contributed by atoms with Crippen molar-refractivity contribution in [1.82, 2.24) is 9.78 Å². The van der Waals surface area contributed by atoms with Crippen LogP contribution in [0.25, 0.3) is 0 Å². The van der Waals surface area contributed by atoms with Crippen molar-refractivity contribution in [3.8, 4) is 0 Å². The van der Waals surface area contributed by atoms with E-state index in [1.54, 1.807) is 7.05 Å². The van der Waals surface area contributed by atoms with Gasteiger partial charge in [0.15, 0.2) is 0 Å². The van der Waals surface area contributed by atoms with Gasteiger partial charge in [-0.05, 0) is 22.0 Å². The number of aryl methyl sites for hydroxylation is 1. The third-order valence-corrected chi connectivity index (χ3v) is 2.83. The van der Waals surface area contributed by atoms with E-state index in [4.69, 9.17) is 0 Å². The van der Waals surface area contributed by atoms with Crippen LogP contribution >= 0.6 is 15.9 Å². The first-order chi connectivity index (χ1) is 8.47. The first kappa shape index (κ1) is 12.7. The molecular formula is C11H8BrF2N3O. The van der Waals surface area contributed by atoms with Crippen molar-refractivity contribution < 1.29 is 13.6 Å². The fourth-order valence-corrected chi connectivity index (χ4v) is 1.67. The molecule has 1 aromatic heterocycles. The Morgan fingerprint density at radius 3 is 2.72 bits per heavy atom. The van der Waals surface area contributed by atoms with E-state index in [9.17, 15) is 13.6 Å². The number of halogens is 3. The Labute approximate surface area is 110 Å². The van der Waals surface area contributed by atoms with E-state index in [0.29, 0.717) is 0 Å². The van der Waals surface area contributed by atoms with Crippen LogP contribution in [-0.4, -0.2) is 15.7 Å². The van der Waals surface area contributed by atoms with Crippen molar-refractivity contribution in [1.29, 1.82) is 0 Å². The molecule has 1 aromatic carbocycles. The van der Waals surface area contributed by atoms with Crippen molar-refractivity contribution >= 4 is 27.5 Å². The van der Waals surface area contributed by atoms with Gasteiger partial charge >= 0.3 is 0 Å². The lowest BCUT2D eigenvalue weighted by Gasteiger charge is -2.06. The number of nitrogens with zero attached hydrogens (tertiary/aromatic N) is 2. The number of hydrogen-bond donors (Lipinski definition) is 1. The number of rotatable bonds is 2. The van der Waals surface area contributed by atoms with Crippen molar-refractivity contribution in [2.45, 2.75) is 0 Å². The predicted molar refractivity (Wildman–Crippen MR) is 65.2 cm³/mol. The third kappa shape index (κ3) is 2.56. The molecule has 0 aliphatic rings. The van der Waals surface area contributed by atoms with E-state index < -0.39 is 17.5 Å². The number of nitrogens with one attached hydrogen (secondary N) is 1. The highest BCUT2D eigenvalue weighted by atomic mass is 79.9. The molecule has 0 aliphatic carbocycles. The maximum Gasteiger partial charge on any atom is 0.258 e. The highest BCUT2D eigenvalue weighted by Crippen LogP contribution is 2.23. The normalized spacial score (nSPS) is 10.4. The van der Waals surface area contributed by atoms with Crippen molar-refractivity contribution in [3.05, 3.63) is 46.2 Å². The number of carbonyl (C=O) groups excluding carboxylic acids is 1. The van der Waals surface area contributed by atoms with Gasteiger partial charge in [-0.1, -0.05) is 0 Å². The van der Waals surface area contributed by atoms with Crippen molar-refractivity contribution in [2.24, 2.45) is 7.05 Å². The van der Waals surface area contributed by atoms with E-state index in [1.165, 1.54) is 17.1 Å². The quantitative estimate of drug-likeness (QED) is 0.866. The monoisotopic (exact) mass is 315 g/mol. The van der Waals surface area contributed by atoms with Gasteiger partial charge in [0.1, 0.15) is 11.6 Å². The lowest BCUT2D eigenvalue weighted by Crippen LogP contribution is -2.12. The summed E-state index contributed by atoms with van der Waals surface area (Å²) in [6, 6.07) is 1.86. The molecule has 2 rings (SSSR count). The Morgan fingerprint density at radius 2 is 2.11 bits per heavy atom. The van der Waals surface area contributed by atoms with E-state index in [2.05, 4.69) is 26.3 Å². The van der Waals surface area contributed by atoms with E-state index in [-0.39, 0.29) is 15.7 Å². The van der Waals surface area contributed by atoms with Gasteiger partial charge in [0.25, 0.3) is 5.91 Å². The third-order valence-electron chi connectivity index (χ3n) is 2.23. The van der Waals surface area contributed by atoms with Gasteiger partial charge in [0.2, 0.25) is 0 Å². The number of aromatic nitrogens is 2. The van der Waals surface area contributed by atoms with Crippen LogP contribution in [0.1, 0.15) is 10.4 Å². The van der Waals surface area contributed by atoms with Gasteiger partial charge in [-0.2, -0.15) is 5.10 Å². The second-order valence-corrected chi connectivity index (χ2v) is 4.46. The van der Waals surface area contributed by atoms with Gasteiger partial charge in [0.05, 0.1) is 21.9 Å². The maximum atomic E-state index is 13.5. The summed E-state index contributed by atoms with van der Waals surface area (Å²) in [5.74, 6) is -1.93. The Kier molecular flexibility index (Phi) is 3.42. The van der Waals surface area contributed by atoms with Crippen LogP contribution in [0.4, 0.5) is 14.5 Å². The lowest BCUT2D eigenvalue weighted by atomic mass is 10.2. The Hall–Kier alpha value is -1.76. The van der Waals surface area contributed by atoms with Crippen LogP contribution in [0.15, 0.2) is 29.0 Å². The van der Waals surface area contributed by atoms with Crippen LogP contribution in [0.3, 0.4) is 0 Å². The number of carbonyl (C=O) groups is 1. The number of amides is 1. The highest BCUT2D eigenvalue weighted by Gasteiger charge is 2.13. The molecular weight excluding hydrogens is 308 g/mol. The number of benzene rings is 1. The van der Waals surface area contributed by atoms with Crippen molar-refractivity contribution in [3.63, 3.8) is 0 Å². The molecule has 0 saturated carbocycles. The zero-order chi connectivity index (χ0) is 13.3. The largest absolute Gasteiger partial charge is 0.319 e. The summed E-state index contributed by atoms with van der Waals surface area (Å²) in [4.78, 5) is 11.7. The molecule has 2 aromatic rings. The molecule has 1 heterocycles. The molecule has 94 valence electrons.